The van der Waals surface area contributed by atoms with Gasteiger partial charge in [0.15, 0.2) is 0 Å². The fourth-order valence-corrected chi connectivity index (χ4v) is 2.54. The van der Waals surface area contributed by atoms with E-state index in [9.17, 15) is 4.79 Å². The van der Waals surface area contributed by atoms with E-state index in [1.807, 2.05) is 30.3 Å². The summed E-state index contributed by atoms with van der Waals surface area (Å²) in [4.78, 5) is 16.7. The Morgan fingerprint density at radius 1 is 1.27 bits per heavy atom. The molecule has 0 unspecified atom stereocenters. The van der Waals surface area contributed by atoms with Crippen LogP contribution in [0.3, 0.4) is 0 Å². The third kappa shape index (κ3) is 2.82. The average molecular weight is 297 g/mol. The first-order valence-electron chi connectivity index (χ1n) is 7.55. The number of ether oxygens (including phenoxy) is 2. The van der Waals surface area contributed by atoms with E-state index in [-0.39, 0.29) is 5.97 Å². The number of pyridine rings is 1. The number of carbonyl (C=O) groups excluding carboxylic acids is 1. The molecule has 3 rings (SSSR count). The van der Waals surface area contributed by atoms with E-state index in [1.54, 1.807) is 20.2 Å². The summed E-state index contributed by atoms with van der Waals surface area (Å²) in [5.74, 6) is 0.906. The summed E-state index contributed by atoms with van der Waals surface area (Å²) in [6, 6.07) is 9.69. The first-order chi connectivity index (χ1) is 10.7. The standard InChI is InChI=1S/C18H19NO3/c1-3-22-18(20)15-11-19-16(12-8-9-12)10-14(15)13-6-4-5-7-17(13)21-2/h4-7,10-12H,3,8-9H2,1-2H3. The second-order valence-corrected chi connectivity index (χ2v) is 5.35. The van der Waals surface area contributed by atoms with Gasteiger partial charge in [-0.1, -0.05) is 18.2 Å². The number of benzene rings is 1. The van der Waals surface area contributed by atoms with Gasteiger partial charge in [-0.05, 0) is 31.9 Å². The van der Waals surface area contributed by atoms with Crippen LogP contribution in [0.15, 0.2) is 36.5 Å². The van der Waals surface area contributed by atoms with Crippen LogP contribution in [0, 0.1) is 0 Å². The van der Waals surface area contributed by atoms with Crippen LogP contribution in [0.25, 0.3) is 11.1 Å². The first-order valence-corrected chi connectivity index (χ1v) is 7.55. The summed E-state index contributed by atoms with van der Waals surface area (Å²) in [6.45, 7) is 2.14. The zero-order valence-corrected chi connectivity index (χ0v) is 12.8. The molecular weight excluding hydrogens is 278 g/mol. The van der Waals surface area contributed by atoms with Gasteiger partial charge in [-0.25, -0.2) is 4.79 Å². The molecular formula is C18H19NO3. The number of hydrogen-bond donors (Lipinski definition) is 0. The molecule has 1 aromatic carbocycles. The SMILES string of the molecule is CCOC(=O)c1cnc(C2CC2)cc1-c1ccccc1OC. The highest BCUT2D eigenvalue weighted by atomic mass is 16.5. The lowest BCUT2D eigenvalue weighted by Crippen LogP contribution is -2.08. The third-order valence-electron chi connectivity index (χ3n) is 3.81. The van der Waals surface area contributed by atoms with Gasteiger partial charge in [0.2, 0.25) is 0 Å². The Morgan fingerprint density at radius 2 is 2.05 bits per heavy atom. The molecule has 0 radical (unpaired) electrons. The van der Waals surface area contributed by atoms with Crippen molar-refractivity contribution >= 4 is 5.97 Å². The van der Waals surface area contributed by atoms with E-state index in [4.69, 9.17) is 9.47 Å². The molecule has 0 saturated heterocycles. The molecule has 0 aliphatic heterocycles. The predicted octanol–water partition coefficient (Wildman–Crippen LogP) is 3.81. The smallest absolute Gasteiger partial charge is 0.340 e. The maximum absolute atomic E-state index is 12.2. The molecule has 114 valence electrons. The number of aromatic nitrogens is 1. The van der Waals surface area contributed by atoms with E-state index in [0.29, 0.717) is 18.1 Å². The molecule has 0 spiro atoms. The second-order valence-electron chi connectivity index (χ2n) is 5.35. The maximum Gasteiger partial charge on any atom is 0.340 e. The van der Waals surface area contributed by atoms with Gasteiger partial charge in [0.1, 0.15) is 5.75 Å². The maximum atomic E-state index is 12.2. The van der Waals surface area contributed by atoms with Crippen LogP contribution >= 0.6 is 0 Å². The Kier molecular flexibility index (Phi) is 4.09. The van der Waals surface area contributed by atoms with Crippen molar-refractivity contribution in [1.29, 1.82) is 0 Å². The lowest BCUT2D eigenvalue weighted by atomic mass is 9.98. The molecule has 0 amide bonds. The zero-order chi connectivity index (χ0) is 15.5. The summed E-state index contributed by atoms with van der Waals surface area (Å²) in [7, 11) is 1.63. The lowest BCUT2D eigenvalue weighted by molar-refractivity contribution is 0.0527. The third-order valence-corrected chi connectivity index (χ3v) is 3.81. The van der Waals surface area contributed by atoms with Crippen molar-refractivity contribution in [1.82, 2.24) is 4.98 Å². The van der Waals surface area contributed by atoms with Crippen molar-refractivity contribution < 1.29 is 14.3 Å². The highest BCUT2D eigenvalue weighted by Crippen LogP contribution is 2.41. The van der Waals surface area contributed by atoms with Crippen LogP contribution in [0.4, 0.5) is 0 Å². The number of rotatable bonds is 5. The van der Waals surface area contributed by atoms with Gasteiger partial charge in [0, 0.05) is 28.9 Å². The minimum atomic E-state index is -0.349. The predicted molar refractivity (Wildman–Crippen MR) is 84.2 cm³/mol. The molecule has 1 aliphatic rings. The molecule has 1 aliphatic carbocycles. The van der Waals surface area contributed by atoms with Crippen LogP contribution in [0.2, 0.25) is 0 Å². The molecule has 2 aromatic rings. The second kappa shape index (κ2) is 6.18. The van der Waals surface area contributed by atoms with Crippen molar-refractivity contribution in [2.24, 2.45) is 0 Å². The highest BCUT2D eigenvalue weighted by Gasteiger charge is 2.27. The van der Waals surface area contributed by atoms with Crippen molar-refractivity contribution in [3.05, 3.63) is 47.8 Å². The van der Waals surface area contributed by atoms with Crippen molar-refractivity contribution in [2.45, 2.75) is 25.7 Å². The van der Waals surface area contributed by atoms with E-state index in [1.165, 1.54) is 0 Å². The van der Waals surface area contributed by atoms with Crippen molar-refractivity contribution in [3.8, 4) is 16.9 Å². The molecule has 0 N–H and O–H groups in total. The molecule has 1 saturated carbocycles. The van der Waals surface area contributed by atoms with E-state index in [2.05, 4.69) is 4.98 Å². The Balaban J connectivity index is 2.13. The molecule has 22 heavy (non-hydrogen) atoms. The zero-order valence-electron chi connectivity index (χ0n) is 12.8. The Bertz CT molecular complexity index is 692. The van der Waals surface area contributed by atoms with Gasteiger partial charge in [-0.3, -0.25) is 4.98 Å². The molecule has 1 fully saturated rings. The summed E-state index contributed by atoms with van der Waals surface area (Å²) < 4.78 is 10.6. The van der Waals surface area contributed by atoms with Gasteiger partial charge < -0.3 is 9.47 Å². The number of carbonyl (C=O) groups is 1. The number of hydrogen-bond acceptors (Lipinski definition) is 4. The highest BCUT2D eigenvalue weighted by molar-refractivity contribution is 5.98. The van der Waals surface area contributed by atoms with Gasteiger partial charge >= 0.3 is 5.97 Å². The largest absolute Gasteiger partial charge is 0.496 e. The van der Waals surface area contributed by atoms with Crippen LogP contribution in [0.5, 0.6) is 5.75 Å². The molecule has 4 nitrogen and oxygen atoms in total. The quantitative estimate of drug-likeness (QED) is 0.787. The van der Waals surface area contributed by atoms with E-state index >= 15 is 0 Å². The minimum Gasteiger partial charge on any atom is -0.496 e. The topological polar surface area (TPSA) is 48.4 Å². The fraction of sp³-hybridized carbons (Fsp3) is 0.333. The summed E-state index contributed by atoms with van der Waals surface area (Å²) in [5.41, 5.74) is 3.23. The fourth-order valence-electron chi connectivity index (χ4n) is 2.54. The first kappa shape index (κ1) is 14.6. The van der Waals surface area contributed by atoms with Gasteiger partial charge in [-0.15, -0.1) is 0 Å². The van der Waals surface area contributed by atoms with E-state index < -0.39 is 0 Å². The number of nitrogens with zero attached hydrogens (tertiary/aromatic N) is 1. The van der Waals surface area contributed by atoms with Crippen LogP contribution in [-0.2, 0) is 4.74 Å². The number of methoxy groups -OCH3 is 1. The van der Waals surface area contributed by atoms with Gasteiger partial charge in [0.05, 0.1) is 19.3 Å². The monoisotopic (exact) mass is 297 g/mol. The molecule has 0 bridgehead atoms. The number of esters is 1. The van der Waals surface area contributed by atoms with Gasteiger partial charge in [0.25, 0.3) is 0 Å². The minimum absolute atomic E-state index is 0.342. The van der Waals surface area contributed by atoms with Crippen LogP contribution in [-0.4, -0.2) is 24.7 Å². The lowest BCUT2D eigenvalue weighted by Gasteiger charge is -2.13. The summed E-state index contributed by atoms with van der Waals surface area (Å²) >= 11 is 0. The normalized spacial score (nSPS) is 13.7. The van der Waals surface area contributed by atoms with Gasteiger partial charge in [-0.2, -0.15) is 0 Å². The Morgan fingerprint density at radius 3 is 2.73 bits per heavy atom. The Labute approximate surface area is 130 Å². The summed E-state index contributed by atoms with van der Waals surface area (Å²) in [5, 5.41) is 0. The number of para-hydroxylation sites is 1. The molecule has 1 heterocycles. The molecule has 1 aromatic heterocycles. The van der Waals surface area contributed by atoms with Crippen LogP contribution < -0.4 is 4.74 Å². The molecule has 4 heteroatoms. The Hall–Kier alpha value is -2.36. The van der Waals surface area contributed by atoms with Crippen LogP contribution in [0.1, 0.15) is 41.7 Å². The average Bonchev–Trinajstić information content (AvgIpc) is 3.39. The summed E-state index contributed by atoms with van der Waals surface area (Å²) in [6.07, 6.45) is 3.96. The van der Waals surface area contributed by atoms with Crippen molar-refractivity contribution in [3.63, 3.8) is 0 Å². The molecule has 0 atom stereocenters. The van der Waals surface area contributed by atoms with E-state index in [0.717, 1.165) is 35.4 Å². The van der Waals surface area contributed by atoms with Crippen molar-refractivity contribution in [2.75, 3.05) is 13.7 Å².